The number of benzene rings is 1. The average Bonchev–Trinajstić information content (AvgIpc) is 3.17. The van der Waals surface area contributed by atoms with Crippen molar-refractivity contribution >= 4 is 16.8 Å². The van der Waals surface area contributed by atoms with Crippen LogP contribution in [-0.4, -0.2) is 53.3 Å². The fraction of sp³-hybridized carbons (Fsp3) is 0.500. The number of likely N-dealkylation sites (tertiary alicyclic amines) is 1. The number of hydrogen-bond acceptors (Lipinski definition) is 4. The highest BCUT2D eigenvalue weighted by atomic mass is 19.4. The number of fused-ring (bicyclic) bond motifs is 1. The number of alkyl halides is 3. The van der Waals surface area contributed by atoms with Crippen LogP contribution < -0.4 is 15.6 Å². The quantitative estimate of drug-likeness (QED) is 0.423. The van der Waals surface area contributed by atoms with Gasteiger partial charge in [-0.25, -0.2) is 0 Å². The Morgan fingerprint density at radius 3 is 2.55 bits per heavy atom. The molecule has 1 unspecified atom stereocenters. The lowest BCUT2D eigenvalue weighted by Crippen LogP contribution is -2.38. The second-order valence-corrected chi connectivity index (χ2v) is 10.1. The Bertz CT molecular complexity index is 1350. The molecular weight excluding hydrogens is 497 g/mol. The van der Waals surface area contributed by atoms with Crippen molar-refractivity contribution < 1.29 is 22.7 Å². The third-order valence-corrected chi connectivity index (χ3v) is 7.69. The highest BCUT2D eigenvalue weighted by molar-refractivity contribution is 6.08. The van der Waals surface area contributed by atoms with Gasteiger partial charge in [0.05, 0.1) is 31.2 Å². The minimum atomic E-state index is -4.14. The van der Waals surface area contributed by atoms with Crippen molar-refractivity contribution in [2.75, 3.05) is 26.7 Å². The molecule has 1 aromatic carbocycles. The molecule has 2 N–H and O–H groups in total. The fourth-order valence-electron chi connectivity index (χ4n) is 5.65. The summed E-state index contributed by atoms with van der Waals surface area (Å²) in [6.07, 6.45) is -3.33. The number of para-hydroxylation sites is 1. The standard InChI is InChI=1S/C28H35F3N4O3/c1-17-15-24(38-4)22(26(36)33-17)16-32-27(37)25-19(3)35(23-8-6-5-7-21(23)25)18(2)20-9-12-34(13-10-20)14-11-28(29,30)31/h5-8,15,18,20H,9-14,16H2,1-4H3,(H,32,37)(H,33,36). The minimum absolute atomic E-state index is 0.0164. The number of halogens is 3. The summed E-state index contributed by atoms with van der Waals surface area (Å²) in [5.74, 6) is 0.410. The molecule has 1 fully saturated rings. The van der Waals surface area contributed by atoms with Gasteiger partial charge in [0.2, 0.25) is 0 Å². The number of carbonyl (C=O) groups is 1. The molecule has 4 rings (SSSR count). The Hall–Kier alpha value is -3.27. The first-order chi connectivity index (χ1) is 18.0. The molecule has 3 aromatic rings. The number of piperidine rings is 1. The zero-order chi connectivity index (χ0) is 27.6. The molecule has 1 aliphatic heterocycles. The van der Waals surface area contributed by atoms with E-state index < -0.39 is 12.6 Å². The van der Waals surface area contributed by atoms with Crippen LogP contribution in [0.15, 0.2) is 35.1 Å². The van der Waals surface area contributed by atoms with E-state index in [4.69, 9.17) is 4.74 Å². The molecule has 1 saturated heterocycles. The number of nitrogens with one attached hydrogen (secondary N) is 2. The van der Waals surface area contributed by atoms with E-state index >= 15 is 0 Å². The first-order valence-corrected chi connectivity index (χ1v) is 12.9. The van der Waals surface area contributed by atoms with Crippen LogP contribution in [0.25, 0.3) is 10.9 Å². The van der Waals surface area contributed by atoms with Gasteiger partial charge in [0.25, 0.3) is 11.5 Å². The monoisotopic (exact) mass is 532 g/mol. The third-order valence-electron chi connectivity index (χ3n) is 7.69. The molecule has 38 heavy (non-hydrogen) atoms. The van der Waals surface area contributed by atoms with Gasteiger partial charge in [-0.15, -0.1) is 0 Å². The molecule has 0 aliphatic carbocycles. The van der Waals surface area contributed by atoms with Crippen molar-refractivity contribution in [2.45, 2.75) is 58.8 Å². The maximum Gasteiger partial charge on any atom is 0.390 e. The summed E-state index contributed by atoms with van der Waals surface area (Å²) in [5, 5.41) is 3.72. The van der Waals surface area contributed by atoms with Gasteiger partial charge in [0.15, 0.2) is 0 Å². The molecular formula is C28H35F3N4O3. The summed E-state index contributed by atoms with van der Waals surface area (Å²) >= 11 is 0. The van der Waals surface area contributed by atoms with E-state index in [-0.39, 0.29) is 36.5 Å². The van der Waals surface area contributed by atoms with E-state index in [2.05, 4.69) is 21.8 Å². The van der Waals surface area contributed by atoms with E-state index in [0.717, 1.165) is 29.4 Å². The zero-order valence-electron chi connectivity index (χ0n) is 22.2. The summed E-state index contributed by atoms with van der Waals surface area (Å²) < 4.78 is 45.4. The largest absolute Gasteiger partial charge is 0.496 e. The number of H-pyrrole nitrogens is 1. The Kier molecular flexibility index (Phi) is 8.20. The van der Waals surface area contributed by atoms with E-state index in [1.54, 1.807) is 13.0 Å². The van der Waals surface area contributed by atoms with Crippen molar-refractivity contribution in [2.24, 2.45) is 5.92 Å². The van der Waals surface area contributed by atoms with Gasteiger partial charge < -0.3 is 24.5 Å². The molecule has 2 aromatic heterocycles. The summed E-state index contributed by atoms with van der Waals surface area (Å²) in [6.45, 7) is 7.11. The molecule has 0 radical (unpaired) electrons. The predicted octanol–water partition coefficient (Wildman–Crippen LogP) is 5.11. The highest BCUT2D eigenvalue weighted by Gasteiger charge is 2.32. The van der Waals surface area contributed by atoms with Crippen LogP contribution in [0.5, 0.6) is 5.75 Å². The Morgan fingerprint density at radius 2 is 1.89 bits per heavy atom. The smallest absolute Gasteiger partial charge is 0.390 e. The van der Waals surface area contributed by atoms with Gasteiger partial charge in [-0.3, -0.25) is 9.59 Å². The van der Waals surface area contributed by atoms with Crippen molar-refractivity contribution in [1.29, 1.82) is 0 Å². The van der Waals surface area contributed by atoms with Gasteiger partial charge >= 0.3 is 6.18 Å². The van der Waals surface area contributed by atoms with E-state index in [1.807, 2.05) is 36.1 Å². The molecule has 10 heteroatoms. The average molecular weight is 533 g/mol. The molecule has 1 atom stereocenters. The number of methoxy groups -OCH3 is 1. The lowest BCUT2D eigenvalue weighted by Gasteiger charge is -2.36. The number of pyridine rings is 1. The van der Waals surface area contributed by atoms with Crippen molar-refractivity contribution in [1.82, 2.24) is 19.8 Å². The second kappa shape index (κ2) is 11.2. The molecule has 3 heterocycles. The first-order valence-electron chi connectivity index (χ1n) is 12.9. The molecule has 0 spiro atoms. The van der Waals surface area contributed by atoms with Crippen LogP contribution in [0.2, 0.25) is 0 Å². The maximum atomic E-state index is 13.5. The van der Waals surface area contributed by atoms with Crippen LogP contribution in [0.4, 0.5) is 13.2 Å². The Labute approximate surface area is 220 Å². The minimum Gasteiger partial charge on any atom is -0.496 e. The fourth-order valence-corrected chi connectivity index (χ4v) is 5.65. The summed E-state index contributed by atoms with van der Waals surface area (Å²) in [7, 11) is 1.49. The maximum absolute atomic E-state index is 13.5. The molecule has 7 nitrogen and oxygen atoms in total. The topological polar surface area (TPSA) is 79.4 Å². The number of amides is 1. The van der Waals surface area contributed by atoms with Crippen molar-refractivity contribution in [3.05, 3.63) is 63.2 Å². The van der Waals surface area contributed by atoms with Gasteiger partial charge in [0.1, 0.15) is 5.75 Å². The first kappa shape index (κ1) is 27.8. The number of aryl methyl sites for hydroxylation is 1. The van der Waals surface area contributed by atoms with Gasteiger partial charge in [-0.1, -0.05) is 18.2 Å². The van der Waals surface area contributed by atoms with Crippen LogP contribution >= 0.6 is 0 Å². The SMILES string of the molecule is COc1cc(C)[nH]c(=O)c1CNC(=O)c1c(C)n(C(C)C2CCN(CCC(F)(F)F)CC2)c2ccccc12. The summed E-state index contributed by atoms with van der Waals surface area (Å²) in [6, 6.07) is 9.51. The number of aromatic amines is 1. The number of nitrogens with zero attached hydrogens (tertiary/aromatic N) is 2. The van der Waals surface area contributed by atoms with E-state index in [0.29, 0.717) is 35.7 Å². The summed E-state index contributed by atoms with van der Waals surface area (Å²) in [4.78, 5) is 30.6. The molecule has 0 saturated carbocycles. The van der Waals surface area contributed by atoms with E-state index in [9.17, 15) is 22.8 Å². The van der Waals surface area contributed by atoms with Crippen molar-refractivity contribution in [3.63, 3.8) is 0 Å². The van der Waals surface area contributed by atoms with Gasteiger partial charge in [0, 0.05) is 34.9 Å². The molecule has 1 aliphatic rings. The number of ether oxygens (including phenoxy) is 1. The number of carbonyl (C=O) groups excluding carboxylic acids is 1. The van der Waals surface area contributed by atoms with Crippen LogP contribution in [0, 0.1) is 19.8 Å². The molecule has 1 amide bonds. The summed E-state index contributed by atoms with van der Waals surface area (Å²) in [5.41, 5.74) is 3.02. The van der Waals surface area contributed by atoms with Crippen LogP contribution in [-0.2, 0) is 6.54 Å². The molecule has 0 bridgehead atoms. The molecule has 206 valence electrons. The Balaban J connectivity index is 1.54. The number of hydrogen-bond donors (Lipinski definition) is 2. The lowest BCUT2D eigenvalue weighted by atomic mass is 9.90. The van der Waals surface area contributed by atoms with E-state index in [1.165, 1.54) is 7.11 Å². The lowest BCUT2D eigenvalue weighted by molar-refractivity contribution is -0.138. The zero-order valence-corrected chi connectivity index (χ0v) is 22.2. The third kappa shape index (κ3) is 5.90. The highest BCUT2D eigenvalue weighted by Crippen LogP contribution is 2.36. The number of aromatic nitrogens is 2. The number of rotatable bonds is 8. The van der Waals surface area contributed by atoms with Crippen LogP contribution in [0.1, 0.15) is 59.5 Å². The van der Waals surface area contributed by atoms with Crippen LogP contribution in [0.3, 0.4) is 0 Å². The Morgan fingerprint density at radius 1 is 1.21 bits per heavy atom. The normalized spacial score (nSPS) is 16.1. The van der Waals surface area contributed by atoms with Gasteiger partial charge in [-0.05, 0) is 64.8 Å². The predicted molar refractivity (Wildman–Crippen MR) is 141 cm³/mol. The van der Waals surface area contributed by atoms with Crippen molar-refractivity contribution in [3.8, 4) is 5.75 Å². The second-order valence-electron chi connectivity index (χ2n) is 10.1. The van der Waals surface area contributed by atoms with Gasteiger partial charge in [-0.2, -0.15) is 13.2 Å².